The second kappa shape index (κ2) is 5.85. The molecule has 1 fully saturated rings. The van der Waals surface area contributed by atoms with Crippen LogP contribution in [-0.4, -0.2) is 40.4 Å². The van der Waals surface area contributed by atoms with Crippen molar-refractivity contribution in [3.05, 3.63) is 18.5 Å². The molecule has 2 N–H and O–H groups in total. The molecule has 0 amide bonds. The summed E-state index contributed by atoms with van der Waals surface area (Å²) < 4.78 is 1.99. The Morgan fingerprint density at radius 1 is 1.44 bits per heavy atom. The van der Waals surface area contributed by atoms with Crippen LogP contribution in [0.25, 0.3) is 0 Å². The Kier molecular flexibility index (Phi) is 4.40. The fraction of sp³-hybridized carbons (Fsp3) is 0.786. The predicted octanol–water partition coefficient (Wildman–Crippen LogP) is 1.72. The van der Waals surface area contributed by atoms with Crippen molar-refractivity contribution in [1.29, 1.82) is 0 Å². The molecule has 0 unspecified atom stereocenters. The molecule has 102 valence electrons. The molecule has 0 aromatic carbocycles. The normalized spacial score (nSPS) is 28.8. The highest BCUT2D eigenvalue weighted by molar-refractivity contribution is 4.94. The molecule has 1 aromatic rings. The lowest BCUT2D eigenvalue weighted by atomic mass is 9.76. The van der Waals surface area contributed by atoms with Gasteiger partial charge in [-0.3, -0.25) is 9.58 Å². The van der Waals surface area contributed by atoms with E-state index in [1.165, 1.54) is 25.7 Å². The van der Waals surface area contributed by atoms with E-state index in [4.69, 9.17) is 5.73 Å². The van der Waals surface area contributed by atoms with Gasteiger partial charge in [-0.15, -0.1) is 0 Å². The van der Waals surface area contributed by atoms with E-state index in [0.29, 0.717) is 0 Å². The molecule has 4 nitrogen and oxygen atoms in total. The van der Waals surface area contributed by atoms with Gasteiger partial charge in [0.2, 0.25) is 0 Å². The van der Waals surface area contributed by atoms with E-state index in [0.717, 1.165) is 25.6 Å². The number of hydrogen-bond donors (Lipinski definition) is 1. The summed E-state index contributed by atoms with van der Waals surface area (Å²) >= 11 is 0. The SMILES string of the molecule is CC1CCC(CN)(N(C)CCn2cccn2)CC1. The molecule has 18 heavy (non-hydrogen) atoms. The third-order valence-corrected chi connectivity index (χ3v) is 4.62. The molecular weight excluding hydrogens is 224 g/mol. The van der Waals surface area contributed by atoms with Gasteiger partial charge >= 0.3 is 0 Å². The lowest BCUT2D eigenvalue weighted by Crippen LogP contribution is -2.54. The maximum Gasteiger partial charge on any atom is 0.0536 e. The van der Waals surface area contributed by atoms with Gasteiger partial charge in [0.15, 0.2) is 0 Å². The maximum atomic E-state index is 6.07. The highest BCUT2D eigenvalue weighted by Crippen LogP contribution is 2.34. The Labute approximate surface area is 110 Å². The summed E-state index contributed by atoms with van der Waals surface area (Å²) in [6, 6.07) is 1.97. The van der Waals surface area contributed by atoms with Crippen LogP contribution in [0.15, 0.2) is 18.5 Å². The zero-order valence-electron chi connectivity index (χ0n) is 11.7. The van der Waals surface area contributed by atoms with Crippen molar-refractivity contribution in [3.63, 3.8) is 0 Å². The van der Waals surface area contributed by atoms with E-state index >= 15 is 0 Å². The predicted molar refractivity (Wildman–Crippen MR) is 74.3 cm³/mol. The molecule has 1 saturated carbocycles. The Balaban J connectivity index is 1.90. The Hall–Kier alpha value is -0.870. The van der Waals surface area contributed by atoms with Gasteiger partial charge in [0.1, 0.15) is 0 Å². The van der Waals surface area contributed by atoms with E-state index in [9.17, 15) is 0 Å². The van der Waals surface area contributed by atoms with Gasteiger partial charge in [-0.05, 0) is 44.7 Å². The number of nitrogens with zero attached hydrogens (tertiary/aromatic N) is 3. The first kappa shape index (κ1) is 13.6. The second-order valence-corrected chi connectivity index (χ2v) is 5.80. The van der Waals surface area contributed by atoms with Crippen LogP contribution in [0.1, 0.15) is 32.6 Å². The number of hydrogen-bond acceptors (Lipinski definition) is 3. The van der Waals surface area contributed by atoms with E-state index in [1.54, 1.807) is 0 Å². The maximum absolute atomic E-state index is 6.07. The van der Waals surface area contributed by atoms with Crippen molar-refractivity contribution < 1.29 is 0 Å². The molecule has 1 aliphatic rings. The van der Waals surface area contributed by atoms with Crippen LogP contribution in [0.4, 0.5) is 0 Å². The molecule has 1 aliphatic carbocycles. The van der Waals surface area contributed by atoms with Gasteiger partial charge in [0.25, 0.3) is 0 Å². The van der Waals surface area contributed by atoms with Gasteiger partial charge in [0, 0.05) is 31.0 Å². The summed E-state index contributed by atoms with van der Waals surface area (Å²) in [5, 5.41) is 4.25. The third kappa shape index (κ3) is 2.93. The molecule has 2 rings (SSSR count). The van der Waals surface area contributed by atoms with Crippen molar-refractivity contribution in [2.75, 3.05) is 20.1 Å². The zero-order valence-corrected chi connectivity index (χ0v) is 11.7. The summed E-state index contributed by atoms with van der Waals surface area (Å²) in [6.07, 6.45) is 8.94. The standard InChI is InChI=1S/C14H26N4/c1-13-4-6-14(12-15,7-5-13)17(2)10-11-18-9-3-8-16-18/h3,8-9,13H,4-7,10-12,15H2,1-2H3. The molecule has 4 heteroatoms. The topological polar surface area (TPSA) is 47.1 Å². The van der Waals surface area contributed by atoms with Crippen LogP contribution < -0.4 is 5.73 Å². The molecule has 0 aliphatic heterocycles. The summed E-state index contributed by atoms with van der Waals surface area (Å²) in [4.78, 5) is 2.46. The lowest BCUT2D eigenvalue weighted by Gasteiger charge is -2.45. The van der Waals surface area contributed by atoms with E-state index in [1.807, 2.05) is 23.1 Å². The highest BCUT2D eigenvalue weighted by Gasteiger charge is 2.36. The summed E-state index contributed by atoms with van der Waals surface area (Å²) in [7, 11) is 2.21. The Morgan fingerprint density at radius 3 is 2.72 bits per heavy atom. The van der Waals surface area contributed by atoms with Gasteiger partial charge in [-0.1, -0.05) is 6.92 Å². The molecule has 1 heterocycles. The minimum atomic E-state index is 0.222. The van der Waals surface area contributed by atoms with Gasteiger partial charge in [-0.25, -0.2) is 0 Å². The number of rotatable bonds is 5. The van der Waals surface area contributed by atoms with Gasteiger partial charge in [-0.2, -0.15) is 5.10 Å². The van der Waals surface area contributed by atoms with Crippen LogP contribution in [0, 0.1) is 5.92 Å². The fourth-order valence-electron chi connectivity index (χ4n) is 2.96. The third-order valence-electron chi connectivity index (χ3n) is 4.62. The largest absolute Gasteiger partial charge is 0.329 e. The van der Waals surface area contributed by atoms with Crippen LogP contribution in [-0.2, 0) is 6.54 Å². The van der Waals surface area contributed by atoms with Crippen molar-refractivity contribution in [3.8, 4) is 0 Å². The molecule has 0 spiro atoms. The van der Waals surface area contributed by atoms with E-state index < -0.39 is 0 Å². The quantitative estimate of drug-likeness (QED) is 0.865. The molecular formula is C14H26N4. The summed E-state index contributed by atoms with van der Waals surface area (Å²) in [5.74, 6) is 0.865. The van der Waals surface area contributed by atoms with Gasteiger partial charge < -0.3 is 5.73 Å². The summed E-state index contributed by atoms with van der Waals surface area (Å²) in [5.41, 5.74) is 6.29. The van der Waals surface area contributed by atoms with Crippen LogP contribution in [0.3, 0.4) is 0 Å². The van der Waals surface area contributed by atoms with Crippen molar-refractivity contribution in [1.82, 2.24) is 14.7 Å². The lowest BCUT2D eigenvalue weighted by molar-refractivity contribution is 0.0642. The number of aromatic nitrogens is 2. The minimum absolute atomic E-state index is 0.222. The smallest absolute Gasteiger partial charge is 0.0536 e. The van der Waals surface area contributed by atoms with Crippen LogP contribution in [0.2, 0.25) is 0 Å². The first-order chi connectivity index (χ1) is 8.66. The Bertz CT molecular complexity index is 339. The molecule has 1 aromatic heterocycles. The number of nitrogens with two attached hydrogens (primary N) is 1. The first-order valence-electron chi connectivity index (χ1n) is 7.05. The van der Waals surface area contributed by atoms with Crippen LogP contribution >= 0.6 is 0 Å². The molecule has 0 atom stereocenters. The van der Waals surface area contributed by atoms with Crippen molar-refractivity contribution >= 4 is 0 Å². The zero-order chi connectivity index (χ0) is 13.0. The second-order valence-electron chi connectivity index (χ2n) is 5.80. The fourth-order valence-corrected chi connectivity index (χ4v) is 2.96. The average molecular weight is 250 g/mol. The monoisotopic (exact) mass is 250 g/mol. The first-order valence-corrected chi connectivity index (χ1v) is 7.05. The Morgan fingerprint density at radius 2 is 2.17 bits per heavy atom. The van der Waals surface area contributed by atoms with Crippen LogP contribution in [0.5, 0.6) is 0 Å². The summed E-state index contributed by atoms with van der Waals surface area (Å²) in [6.45, 7) is 5.09. The molecule has 0 saturated heterocycles. The van der Waals surface area contributed by atoms with E-state index in [2.05, 4.69) is 24.0 Å². The number of likely N-dealkylation sites (N-methyl/N-ethyl adjacent to an activating group) is 1. The minimum Gasteiger partial charge on any atom is -0.329 e. The highest BCUT2D eigenvalue weighted by atomic mass is 15.3. The van der Waals surface area contributed by atoms with Crippen molar-refractivity contribution in [2.24, 2.45) is 11.7 Å². The van der Waals surface area contributed by atoms with Crippen molar-refractivity contribution in [2.45, 2.75) is 44.7 Å². The average Bonchev–Trinajstić information content (AvgIpc) is 2.90. The van der Waals surface area contributed by atoms with Gasteiger partial charge in [0.05, 0.1) is 6.54 Å². The van der Waals surface area contributed by atoms with E-state index in [-0.39, 0.29) is 5.54 Å². The molecule has 0 bridgehead atoms. The molecule has 0 radical (unpaired) electrons.